The molecule has 1 saturated heterocycles. The molecule has 130 valence electrons. The van der Waals surface area contributed by atoms with E-state index in [1.54, 1.807) is 0 Å². The Morgan fingerprint density at radius 2 is 1.64 bits per heavy atom. The van der Waals surface area contributed by atoms with E-state index in [0.717, 1.165) is 19.3 Å². The molecule has 0 aromatic carbocycles. The minimum absolute atomic E-state index is 0.278. The maximum atomic E-state index is 11.8. The van der Waals surface area contributed by atoms with Crippen LogP contribution < -0.4 is 5.32 Å². The number of unbranched alkanes of at least 4 members (excludes halogenated alkanes) is 5. The van der Waals surface area contributed by atoms with Crippen molar-refractivity contribution in [2.45, 2.75) is 82.5 Å². The molecule has 0 saturated carbocycles. The number of hydrogen-bond acceptors (Lipinski definition) is 6. The summed E-state index contributed by atoms with van der Waals surface area (Å²) in [6.07, 6.45) is 0.279. The molecule has 0 bridgehead atoms. The molecule has 22 heavy (non-hydrogen) atoms. The van der Waals surface area contributed by atoms with Gasteiger partial charge in [-0.3, -0.25) is 4.79 Å². The smallest absolute Gasteiger partial charge is 0.222 e. The summed E-state index contributed by atoms with van der Waals surface area (Å²) in [5, 5.41) is 40.7. The van der Waals surface area contributed by atoms with Crippen molar-refractivity contribution < 1.29 is 30.0 Å². The lowest BCUT2D eigenvalue weighted by atomic mass is 9.98. The fourth-order valence-corrected chi connectivity index (χ4v) is 2.52. The first-order chi connectivity index (χ1) is 10.5. The van der Waals surface area contributed by atoms with E-state index in [-0.39, 0.29) is 5.91 Å². The largest absolute Gasteiger partial charge is 0.394 e. The first-order valence-corrected chi connectivity index (χ1v) is 8.11. The maximum Gasteiger partial charge on any atom is 0.222 e. The van der Waals surface area contributed by atoms with E-state index in [1.807, 2.05) is 0 Å². The summed E-state index contributed by atoms with van der Waals surface area (Å²) in [5.74, 6) is -0.278. The van der Waals surface area contributed by atoms with E-state index < -0.39 is 37.3 Å². The molecule has 1 rings (SSSR count). The SMILES string of the molecule is CCCCCCCCC(=O)N[C@@H]1O[C@H](CO)[C@@H](O)[C@H](O)[C@@H]1O. The standard InChI is InChI=1S/C15H29NO6/c1-2-3-4-5-6-7-8-11(18)16-15-14(21)13(20)12(19)10(9-17)22-15/h10,12-15,17,19-21H,2-9H2,1H3,(H,16,18)/t10-,12-,13+,14+,15-/m1/s1. The van der Waals surface area contributed by atoms with E-state index in [4.69, 9.17) is 9.84 Å². The molecule has 5 atom stereocenters. The second-order valence-corrected chi connectivity index (χ2v) is 5.83. The Morgan fingerprint density at radius 3 is 2.27 bits per heavy atom. The molecule has 1 fully saturated rings. The fourth-order valence-electron chi connectivity index (χ4n) is 2.52. The molecule has 0 aromatic heterocycles. The Kier molecular flexibility index (Phi) is 8.89. The average Bonchev–Trinajstić information content (AvgIpc) is 2.51. The van der Waals surface area contributed by atoms with Crippen LogP contribution in [0.15, 0.2) is 0 Å². The lowest BCUT2D eigenvalue weighted by Crippen LogP contribution is -2.63. The van der Waals surface area contributed by atoms with Crippen LogP contribution in [0.4, 0.5) is 0 Å². The van der Waals surface area contributed by atoms with Crippen molar-refractivity contribution in [2.75, 3.05) is 6.61 Å². The van der Waals surface area contributed by atoms with E-state index >= 15 is 0 Å². The van der Waals surface area contributed by atoms with Gasteiger partial charge in [0.1, 0.15) is 24.4 Å². The molecule has 0 spiro atoms. The van der Waals surface area contributed by atoms with Gasteiger partial charge in [0.25, 0.3) is 0 Å². The quantitative estimate of drug-likeness (QED) is 0.371. The molecule has 0 radical (unpaired) electrons. The first kappa shape index (κ1) is 19.3. The Bertz CT molecular complexity index is 325. The third-order valence-corrected chi connectivity index (χ3v) is 3.95. The van der Waals surface area contributed by atoms with E-state index in [1.165, 1.54) is 19.3 Å². The van der Waals surface area contributed by atoms with Crippen LogP contribution in [0.5, 0.6) is 0 Å². The number of carbonyl (C=O) groups is 1. The van der Waals surface area contributed by atoms with Crippen LogP contribution >= 0.6 is 0 Å². The van der Waals surface area contributed by atoms with E-state index in [0.29, 0.717) is 6.42 Å². The number of hydrogen-bond donors (Lipinski definition) is 5. The van der Waals surface area contributed by atoms with Gasteiger partial charge in [0, 0.05) is 6.42 Å². The number of ether oxygens (including phenoxy) is 1. The Hall–Kier alpha value is -0.730. The predicted molar refractivity (Wildman–Crippen MR) is 79.9 cm³/mol. The third-order valence-electron chi connectivity index (χ3n) is 3.95. The van der Waals surface area contributed by atoms with Crippen LogP contribution in [0.1, 0.15) is 51.9 Å². The van der Waals surface area contributed by atoms with Crippen LogP contribution in [0.2, 0.25) is 0 Å². The van der Waals surface area contributed by atoms with Gasteiger partial charge in [-0.25, -0.2) is 0 Å². The van der Waals surface area contributed by atoms with Crippen molar-refractivity contribution in [2.24, 2.45) is 0 Å². The van der Waals surface area contributed by atoms with Crippen LogP contribution in [0, 0.1) is 0 Å². The van der Waals surface area contributed by atoms with Gasteiger partial charge in [-0.2, -0.15) is 0 Å². The number of carbonyl (C=O) groups excluding carboxylic acids is 1. The summed E-state index contributed by atoms with van der Waals surface area (Å²) in [6, 6.07) is 0. The first-order valence-electron chi connectivity index (χ1n) is 8.11. The zero-order valence-corrected chi connectivity index (χ0v) is 13.1. The van der Waals surface area contributed by atoms with Gasteiger partial charge in [-0.1, -0.05) is 39.0 Å². The number of rotatable bonds is 9. The molecular weight excluding hydrogens is 290 g/mol. The van der Waals surface area contributed by atoms with Crippen molar-refractivity contribution in [3.8, 4) is 0 Å². The Morgan fingerprint density at radius 1 is 1.00 bits per heavy atom. The maximum absolute atomic E-state index is 11.8. The number of amides is 1. The second kappa shape index (κ2) is 10.1. The molecule has 1 aliphatic heterocycles. The Labute approximate surface area is 131 Å². The van der Waals surface area contributed by atoms with Crippen molar-refractivity contribution in [1.29, 1.82) is 0 Å². The minimum atomic E-state index is -1.47. The number of aliphatic hydroxyl groups is 4. The molecule has 1 aliphatic rings. The van der Waals surface area contributed by atoms with Crippen LogP contribution in [-0.2, 0) is 9.53 Å². The lowest BCUT2D eigenvalue weighted by Gasteiger charge is -2.40. The van der Waals surface area contributed by atoms with Gasteiger partial charge in [0.15, 0.2) is 6.23 Å². The van der Waals surface area contributed by atoms with Gasteiger partial charge in [0.05, 0.1) is 6.61 Å². The van der Waals surface area contributed by atoms with Crippen molar-refractivity contribution in [3.63, 3.8) is 0 Å². The zero-order chi connectivity index (χ0) is 16.5. The number of nitrogens with one attached hydrogen (secondary N) is 1. The predicted octanol–water partition coefficient (Wildman–Crippen LogP) is -0.347. The molecule has 1 heterocycles. The summed E-state index contributed by atoms with van der Waals surface area (Å²) >= 11 is 0. The lowest BCUT2D eigenvalue weighted by molar-refractivity contribution is -0.236. The van der Waals surface area contributed by atoms with E-state index in [9.17, 15) is 20.1 Å². The molecule has 0 aromatic rings. The Balaban J connectivity index is 2.30. The van der Waals surface area contributed by atoms with Crippen LogP contribution in [0.25, 0.3) is 0 Å². The van der Waals surface area contributed by atoms with Gasteiger partial charge in [0.2, 0.25) is 5.91 Å². The molecule has 5 N–H and O–H groups in total. The van der Waals surface area contributed by atoms with Gasteiger partial charge in [-0.05, 0) is 6.42 Å². The summed E-state index contributed by atoms with van der Waals surface area (Å²) in [4.78, 5) is 11.8. The fraction of sp³-hybridized carbons (Fsp3) is 0.933. The topological polar surface area (TPSA) is 119 Å². The normalized spacial score (nSPS) is 32.0. The molecule has 0 unspecified atom stereocenters. The monoisotopic (exact) mass is 319 g/mol. The summed E-state index contributed by atoms with van der Waals surface area (Å²) in [7, 11) is 0. The van der Waals surface area contributed by atoms with Gasteiger partial charge in [-0.15, -0.1) is 0 Å². The van der Waals surface area contributed by atoms with Crippen molar-refractivity contribution >= 4 is 5.91 Å². The molecule has 0 aliphatic carbocycles. The highest BCUT2D eigenvalue weighted by Crippen LogP contribution is 2.19. The summed E-state index contributed by atoms with van der Waals surface area (Å²) < 4.78 is 5.22. The third kappa shape index (κ3) is 5.81. The van der Waals surface area contributed by atoms with Gasteiger partial charge >= 0.3 is 0 Å². The summed E-state index contributed by atoms with van der Waals surface area (Å²) in [6.45, 7) is 1.64. The van der Waals surface area contributed by atoms with Crippen molar-refractivity contribution in [3.05, 3.63) is 0 Å². The van der Waals surface area contributed by atoms with E-state index in [2.05, 4.69) is 12.2 Å². The van der Waals surface area contributed by atoms with Crippen molar-refractivity contribution in [1.82, 2.24) is 5.32 Å². The average molecular weight is 319 g/mol. The van der Waals surface area contributed by atoms with Gasteiger partial charge < -0.3 is 30.5 Å². The minimum Gasteiger partial charge on any atom is -0.394 e. The van der Waals surface area contributed by atoms with Crippen LogP contribution in [-0.4, -0.2) is 63.6 Å². The summed E-state index contributed by atoms with van der Waals surface area (Å²) in [5.41, 5.74) is 0. The highest BCUT2D eigenvalue weighted by Gasteiger charge is 2.43. The molecule has 7 nitrogen and oxygen atoms in total. The van der Waals surface area contributed by atoms with Crippen LogP contribution in [0.3, 0.4) is 0 Å². The number of aliphatic hydroxyl groups excluding tert-OH is 4. The molecule has 1 amide bonds. The zero-order valence-electron chi connectivity index (χ0n) is 13.1. The highest BCUT2D eigenvalue weighted by molar-refractivity contribution is 5.76. The molecular formula is C15H29NO6. The second-order valence-electron chi connectivity index (χ2n) is 5.83. The molecule has 7 heteroatoms. The highest BCUT2D eigenvalue weighted by atomic mass is 16.6.